The number of hydrogen-bond donors (Lipinski definition) is 2. The van der Waals surface area contributed by atoms with Gasteiger partial charge < -0.3 is 20.9 Å². The minimum absolute atomic E-state index is 0.603. The molecule has 4 nitrogen and oxygen atoms in total. The van der Waals surface area contributed by atoms with E-state index in [0.717, 1.165) is 12.8 Å². The Hall–Kier alpha value is -1.58. The predicted octanol–water partition coefficient (Wildman–Crippen LogP) is 7.11. The van der Waals surface area contributed by atoms with E-state index in [0.29, 0.717) is 36.1 Å². The molecule has 0 atom stereocenters. The molecular weight excluding hydrogens is 348 g/mol. The fourth-order valence-corrected chi connectivity index (χ4v) is 3.32. The van der Waals surface area contributed by atoms with Gasteiger partial charge in [-0.05, 0) is 12.8 Å². The molecule has 0 aliphatic rings. The maximum absolute atomic E-state index is 6.12. The number of unbranched alkanes of at least 4 members (excludes halogenated alkanes) is 12. The second-order valence-corrected chi connectivity index (χ2v) is 7.87. The van der Waals surface area contributed by atoms with Crippen LogP contribution in [0.5, 0.6) is 11.5 Å². The zero-order valence-corrected chi connectivity index (χ0v) is 18.4. The summed E-state index contributed by atoms with van der Waals surface area (Å²) in [6.07, 6.45) is 17.7. The van der Waals surface area contributed by atoms with E-state index < -0.39 is 0 Å². The number of hydrogen-bond acceptors (Lipinski definition) is 4. The van der Waals surface area contributed by atoms with E-state index in [9.17, 15) is 0 Å². The number of ether oxygens (including phenoxy) is 2. The summed E-state index contributed by atoms with van der Waals surface area (Å²) in [4.78, 5) is 0. The van der Waals surface area contributed by atoms with E-state index in [2.05, 4.69) is 13.8 Å². The van der Waals surface area contributed by atoms with Crippen molar-refractivity contribution in [3.63, 3.8) is 0 Å². The molecule has 0 saturated carbocycles. The van der Waals surface area contributed by atoms with E-state index in [1.54, 1.807) is 12.1 Å². The van der Waals surface area contributed by atoms with Gasteiger partial charge in [0.1, 0.15) is 11.5 Å². The van der Waals surface area contributed by atoms with Crippen molar-refractivity contribution in [1.82, 2.24) is 0 Å². The monoisotopic (exact) mass is 392 g/mol. The highest BCUT2D eigenvalue weighted by Crippen LogP contribution is 2.33. The van der Waals surface area contributed by atoms with Crippen LogP contribution in [-0.2, 0) is 0 Å². The summed E-state index contributed by atoms with van der Waals surface area (Å²) in [5, 5.41) is 0. The van der Waals surface area contributed by atoms with E-state index in [1.165, 1.54) is 77.0 Å². The van der Waals surface area contributed by atoms with Crippen LogP contribution in [0.1, 0.15) is 104 Å². The molecule has 0 aromatic heterocycles. The second kappa shape index (κ2) is 16.4. The highest BCUT2D eigenvalue weighted by molar-refractivity contribution is 5.67. The minimum Gasteiger partial charge on any atom is -0.491 e. The van der Waals surface area contributed by atoms with E-state index >= 15 is 0 Å². The van der Waals surface area contributed by atoms with Crippen LogP contribution in [0.25, 0.3) is 0 Å². The first-order chi connectivity index (χ1) is 13.7. The number of nitrogens with two attached hydrogens (primary N) is 2. The van der Waals surface area contributed by atoms with Crippen LogP contribution < -0.4 is 20.9 Å². The standard InChI is InChI=1S/C24H44N2O2/c1-3-5-7-9-11-13-15-17-27-23-19-22(26)24(20-21(23)25)28-18-16-14-12-10-8-6-4-2/h19-20H,3-18,25-26H2,1-2H3. The summed E-state index contributed by atoms with van der Waals surface area (Å²) >= 11 is 0. The Bertz CT molecular complexity index is 460. The summed E-state index contributed by atoms with van der Waals surface area (Å²) in [5.41, 5.74) is 13.5. The molecule has 1 aromatic carbocycles. The van der Waals surface area contributed by atoms with Crippen LogP contribution in [0.4, 0.5) is 11.4 Å². The fourth-order valence-electron chi connectivity index (χ4n) is 3.32. The molecule has 162 valence electrons. The first-order valence-corrected chi connectivity index (χ1v) is 11.6. The molecule has 0 aliphatic heterocycles. The van der Waals surface area contributed by atoms with Gasteiger partial charge in [0, 0.05) is 12.1 Å². The average Bonchev–Trinajstić information content (AvgIpc) is 2.69. The Balaban J connectivity index is 2.20. The highest BCUT2D eigenvalue weighted by atomic mass is 16.5. The molecule has 0 spiro atoms. The molecule has 0 unspecified atom stereocenters. The number of benzene rings is 1. The lowest BCUT2D eigenvalue weighted by Crippen LogP contribution is -2.05. The van der Waals surface area contributed by atoms with Gasteiger partial charge in [0.15, 0.2) is 0 Å². The zero-order chi connectivity index (χ0) is 20.5. The lowest BCUT2D eigenvalue weighted by Gasteiger charge is -2.14. The summed E-state index contributed by atoms with van der Waals surface area (Å²) < 4.78 is 11.7. The Labute approximate surface area is 173 Å². The Morgan fingerprint density at radius 1 is 0.536 bits per heavy atom. The molecule has 4 heteroatoms. The second-order valence-electron chi connectivity index (χ2n) is 7.87. The minimum atomic E-state index is 0.603. The van der Waals surface area contributed by atoms with Gasteiger partial charge in [-0.25, -0.2) is 0 Å². The number of anilines is 2. The lowest BCUT2D eigenvalue weighted by molar-refractivity contribution is 0.299. The largest absolute Gasteiger partial charge is 0.491 e. The summed E-state index contributed by atoms with van der Waals surface area (Å²) in [6.45, 7) is 5.87. The molecule has 0 bridgehead atoms. The molecule has 0 saturated heterocycles. The Morgan fingerprint density at radius 2 is 0.857 bits per heavy atom. The quantitative estimate of drug-likeness (QED) is 0.206. The SMILES string of the molecule is CCCCCCCCCOc1cc(N)c(OCCCCCCCCC)cc1N. The molecule has 4 N–H and O–H groups in total. The van der Waals surface area contributed by atoms with Crippen molar-refractivity contribution >= 4 is 11.4 Å². The van der Waals surface area contributed by atoms with Crippen molar-refractivity contribution in [3.8, 4) is 11.5 Å². The third-order valence-corrected chi connectivity index (χ3v) is 5.15. The third-order valence-electron chi connectivity index (χ3n) is 5.15. The summed E-state index contributed by atoms with van der Waals surface area (Å²) in [7, 11) is 0. The Kier molecular flexibility index (Phi) is 14.3. The first-order valence-electron chi connectivity index (χ1n) is 11.6. The van der Waals surface area contributed by atoms with Gasteiger partial charge in [-0.1, -0.05) is 90.9 Å². The fraction of sp³-hybridized carbons (Fsp3) is 0.750. The van der Waals surface area contributed by atoms with Gasteiger partial charge in [0.2, 0.25) is 0 Å². The van der Waals surface area contributed by atoms with Crippen LogP contribution in [0, 0.1) is 0 Å². The van der Waals surface area contributed by atoms with Gasteiger partial charge in [0.05, 0.1) is 24.6 Å². The maximum Gasteiger partial charge on any atom is 0.144 e. The van der Waals surface area contributed by atoms with E-state index in [4.69, 9.17) is 20.9 Å². The molecule has 0 radical (unpaired) electrons. The smallest absolute Gasteiger partial charge is 0.144 e. The van der Waals surface area contributed by atoms with Crippen LogP contribution >= 0.6 is 0 Å². The molecule has 28 heavy (non-hydrogen) atoms. The van der Waals surface area contributed by atoms with Gasteiger partial charge in [-0.15, -0.1) is 0 Å². The van der Waals surface area contributed by atoms with Crippen LogP contribution in [0.2, 0.25) is 0 Å². The van der Waals surface area contributed by atoms with Crippen molar-refractivity contribution in [2.75, 3.05) is 24.7 Å². The van der Waals surface area contributed by atoms with Gasteiger partial charge >= 0.3 is 0 Å². The normalized spacial score (nSPS) is 10.9. The number of nitrogen functional groups attached to an aromatic ring is 2. The van der Waals surface area contributed by atoms with Crippen LogP contribution in [0.3, 0.4) is 0 Å². The van der Waals surface area contributed by atoms with Gasteiger partial charge in [0.25, 0.3) is 0 Å². The number of rotatable bonds is 18. The maximum atomic E-state index is 6.12. The molecule has 0 fully saturated rings. The van der Waals surface area contributed by atoms with Crippen LogP contribution in [-0.4, -0.2) is 13.2 Å². The zero-order valence-electron chi connectivity index (χ0n) is 18.4. The average molecular weight is 393 g/mol. The van der Waals surface area contributed by atoms with E-state index in [1.807, 2.05) is 0 Å². The van der Waals surface area contributed by atoms with Gasteiger partial charge in [-0.2, -0.15) is 0 Å². The van der Waals surface area contributed by atoms with Crippen molar-refractivity contribution in [3.05, 3.63) is 12.1 Å². The van der Waals surface area contributed by atoms with Crippen molar-refractivity contribution in [2.24, 2.45) is 0 Å². The van der Waals surface area contributed by atoms with Gasteiger partial charge in [-0.3, -0.25) is 0 Å². The third kappa shape index (κ3) is 11.3. The summed E-state index contributed by atoms with van der Waals surface area (Å²) in [5.74, 6) is 1.35. The highest BCUT2D eigenvalue weighted by Gasteiger charge is 2.08. The lowest BCUT2D eigenvalue weighted by atomic mass is 10.1. The Morgan fingerprint density at radius 3 is 1.21 bits per heavy atom. The molecule has 1 rings (SSSR count). The topological polar surface area (TPSA) is 70.5 Å². The molecule has 0 aliphatic carbocycles. The molecular formula is C24H44N2O2. The predicted molar refractivity (Wildman–Crippen MR) is 122 cm³/mol. The molecule has 0 heterocycles. The first kappa shape index (κ1) is 24.5. The van der Waals surface area contributed by atoms with Crippen LogP contribution in [0.15, 0.2) is 12.1 Å². The van der Waals surface area contributed by atoms with Crippen molar-refractivity contribution < 1.29 is 9.47 Å². The van der Waals surface area contributed by atoms with E-state index in [-0.39, 0.29) is 0 Å². The molecule has 1 aromatic rings. The van der Waals surface area contributed by atoms with Crippen molar-refractivity contribution in [2.45, 2.75) is 104 Å². The molecule has 0 amide bonds. The summed E-state index contributed by atoms with van der Waals surface area (Å²) in [6, 6.07) is 3.60. The van der Waals surface area contributed by atoms with Crippen molar-refractivity contribution in [1.29, 1.82) is 0 Å².